The van der Waals surface area contributed by atoms with Crippen LogP contribution in [0.2, 0.25) is 0 Å². The van der Waals surface area contributed by atoms with Crippen molar-refractivity contribution in [2.45, 2.75) is 25.9 Å². The molecular formula is C20H24N6O. The van der Waals surface area contributed by atoms with E-state index in [4.69, 9.17) is 0 Å². The molecule has 0 saturated carbocycles. The van der Waals surface area contributed by atoms with E-state index in [2.05, 4.69) is 21.6 Å². The second kappa shape index (κ2) is 7.26. The predicted octanol–water partition coefficient (Wildman–Crippen LogP) is 2.75. The highest BCUT2D eigenvalue weighted by atomic mass is 16.2. The summed E-state index contributed by atoms with van der Waals surface area (Å²) in [4.78, 5) is 14.5. The van der Waals surface area contributed by atoms with Gasteiger partial charge in [-0.2, -0.15) is 10.2 Å². The number of nitrogens with zero attached hydrogens (tertiary/aromatic N) is 5. The van der Waals surface area contributed by atoms with Gasteiger partial charge in [-0.05, 0) is 30.0 Å². The summed E-state index contributed by atoms with van der Waals surface area (Å²) in [5.74, 6) is 0. The number of hydrogen-bond donors (Lipinski definition) is 1. The molecule has 27 heavy (non-hydrogen) atoms. The molecule has 4 rings (SSSR count). The molecule has 7 heteroatoms. The fourth-order valence-electron chi connectivity index (χ4n) is 3.57. The molecule has 2 amide bonds. The smallest absolute Gasteiger partial charge is 0.317 e. The lowest BCUT2D eigenvalue weighted by Gasteiger charge is -2.18. The highest BCUT2D eigenvalue weighted by molar-refractivity contribution is 5.75. The number of aromatic nitrogens is 4. The van der Waals surface area contributed by atoms with Crippen molar-refractivity contribution in [3.63, 3.8) is 0 Å². The Bertz CT molecular complexity index is 943. The van der Waals surface area contributed by atoms with Crippen molar-refractivity contribution in [1.29, 1.82) is 0 Å². The minimum atomic E-state index is -0.0256. The van der Waals surface area contributed by atoms with E-state index in [0.29, 0.717) is 13.1 Å². The van der Waals surface area contributed by atoms with Gasteiger partial charge in [0, 0.05) is 44.6 Å². The Kier molecular flexibility index (Phi) is 4.66. The first-order valence-corrected chi connectivity index (χ1v) is 9.20. The van der Waals surface area contributed by atoms with E-state index < -0.39 is 0 Å². The lowest BCUT2D eigenvalue weighted by Crippen LogP contribution is -2.38. The van der Waals surface area contributed by atoms with Gasteiger partial charge in [0.05, 0.1) is 18.4 Å². The SMILES string of the molecule is Cc1cnn(C2CCN(C(=O)NCc3ccccc3-c3cnn(C)c3)C2)c1. The minimum absolute atomic E-state index is 0.0256. The number of rotatable bonds is 4. The van der Waals surface area contributed by atoms with Crippen LogP contribution in [-0.2, 0) is 13.6 Å². The number of carbonyl (C=O) groups excluding carboxylic acids is 1. The molecule has 3 heterocycles. The number of benzene rings is 1. The fraction of sp³-hybridized carbons (Fsp3) is 0.350. The molecule has 2 aromatic heterocycles. The molecule has 7 nitrogen and oxygen atoms in total. The third-order valence-corrected chi connectivity index (χ3v) is 5.02. The van der Waals surface area contributed by atoms with Crippen molar-refractivity contribution in [2.24, 2.45) is 7.05 Å². The normalized spacial score (nSPS) is 16.7. The predicted molar refractivity (Wildman–Crippen MR) is 103 cm³/mol. The Morgan fingerprint density at radius 3 is 2.81 bits per heavy atom. The van der Waals surface area contributed by atoms with Gasteiger partial charge in [0.1, 0.15) is 0 Å². The number of aryl methyl sites for hydroxylation is 2. The maximum Gasteiger partial charge on any atom is 0.317 e. The Hall–Kier alpha value is -3.09. The van der Waals surface area contributed by atoms with Crippen LogP contribution in [0.1, 0.15) is 23.6 Å². The van der Waals surface area contributed by atoms with E-state index >= 15 is 0 Å². The van der Waals surface area contributed by atoms with Crippen molar-refractivity contribution in [2.75, 3.05) is 13.1 Å². The molecule has 1 fully saturated rings. The van der Waals surface area contributed by atoms with Gasteiger partial charge in [0.2, 0.25) is 0 Å². The molecule has 0 aliphatic carbocycles. The topological polar surface area (TPSA) is 68.0 Å². The Morgan fingerprint density at radius 2 is 2.07 bits per heavy atom. The standard InChI is InChI=1S/C20H24N6O/c1-15-9-23-26(12-15)18-7-8-25(14-18)20(27)21-10-16-5-3-4-6-19(16)17-11-22-24(2)13-17/h3-6,9,11-13,18H,7-8,10,14H2,1-2H3,(H,21,27). The third kappa shape index (κ3) is 3.72. The minimum Gasteiger partial charge on any atom is -0.334 e. The van der Waals surface area contributed by atoms with Gasteiger partial charge >= 0.3 is 6.03 Å². The molecule has 140 valence electrons. The number of amides is 2. The number of urea groups is 1. The van der Waals surface area contributed by atoms with Gasteiger partial charge in [-0.25, -0.2) is 4.79 Å². The van der Waals surface area contributed by atoms with Gasteiger partial charge in [-0.1, -0.05) is 24.3 Å². The maximum absolute atomic E-state index is 12.6. The van der Waals surface area contributed by atoms with E-state index in [-0.39, 0.29) is 12.1 Å². The zero-order valence-corrected chi connectivity index (χ0v) is 15.7. The van der Waals surface area contributed by atoms with Crippen LogP contribution in [0.3, 0.4) is 0 Å². The van der Waals surface area contributed by atoms with Crippen LogP contribution in [0.4, 0.5) is 4.79 Å². The molecule has 1 N–H and O–H groups in total. The Morgan fingerprint density at radius 1 is 1.22 bits per heavy atom. The van der Waals surface area contributed by atoms with Gasteiger partial charge in [-0.15, -0.1) is 0 Å². The van der Waals surface area contributed by atoms with E-state index in [1.54, 1.807) is 4.68 Å². The lowest BCUT2D eigenvalue weighted by atomic mass is 10.0. The fourth-order valence-corrected chi connectivity index (χ4v) is 3.57. The Labute approximate surface area is 158 Å². The molecular weight excluding hydrogens is 340 g/mol. The number of nitrogens with one attached hydrogen (secondary N) is 1. The molecule has 0 spiro atoms. The van der Waals surface area contributed by atoms with Crippen molar-refractivity contribution in [1.82, 2.24) is 29.8 Å². The summed E-state index contributed by atoms with van der Waals surface area (Å²) in [5, 5.41) is 11.7. The summed E-state index contributed by atoms with van der Waals surface area (Å²) in [6, 6.07) is 8.33. The van der Waals surface area contributed by atoms with Crippen molar-refractivity contribution in [3.8, 4) is 11.1 Å². The van der Waals surface area contributed by atoms with Gasteiger partial charge in [-0.3, -0.25) is 9.36 Å². The molecule has 1 aliphatic heterocycles. The van der Waals surface area contributed by atoms with Crippen LogP contribution in [0.15, 0.2) is 49.1 Å². The molecule has 0 bridgehead atoms. The summed E-state index contributed by atoms with van der Waals surface area (Å²) in [5.41, 5.74) is 4.37. The van der Waals surface area contributed by atoms with Crippen LogP contribution in [0.25, 0.3) is 11.1 Å². The highest BCUT2D eigenvalue weighted by Crippen LogP contribution is 2.24. The summed E-state index contributed by atoms with van der Waals surface area (Å²) in [6.07, 6.45) is 8.66. The number of likely N-dealkylation sites (tertiary alicyclic amines) is 1. The summed E-state index contributed by atoms with van der Waals surface area (Å²) in [7, 11) is 1.90. The highest BCUT2D eigenvalue weighted by Gasteiger charge is 2.27. The van der Waals surface area contributed by atoms with Crippen molar-refractivity contribution in [3.05, 3.63) is 60.2 Å². The van der Waals surface area contributed by atoms with Gasteiger partial charge in [0.15, 0.2) is 0 Å². The first kappa shape index (κ1) is 17.3. The summed E-state index contributed by atoms with van der Waals surface area (Å²) in [6.45, 7) is 3.96. The second-order valence-electron chi connectivity index (χ2n) is 7.10. The molecule has 1 atom stereocenters. The van der Waals surface area contributed by atoms with Crippen LogP contribution >= 0.6 is 0 Å². The molecule has 1 aromatic carbocycles. The second-order valence-corrected chi connectivity index (χ2v) is 7.10. The molecule has 1 unspecified atom stereocenters. The van der Waals surface area contributed by atoms with Crippen molar-refractivity contribution < 1.29 is 4.79 Å². The lowest BCUT2D eigenvalue weighted by molar-refractivity contribution is 0.206. The van der Waals surface area contributed by atoms with Crippen LogP contribution < -0.4 is 5.32 Å². The van der Waals surface area contributed by atoms with Crippen molar-refractivity contribution >= 4 is 6.03 Å². The molecule has 1 saturated heterocycles. The first-order valence-electron chi connectivity index (χ1n) is 9.20. The first-order chi connectivity index (χ1) is 13.1. The van der Waals surface area contributed by atoms with Crippen LogP contribution in [0.5, 0.6) is 0 Å². The average Bonchev–Trinajstić information content (AvgIpc) is 3.40. The Balaban J connectivity index is 1.39. The quantitative estimate of drug-likeness (QED) is 0.774. The summed E-state index contributed by atoms with van der Waals surface area (Å²) < 4.78 is 3.76. The number of hydrogen-bond acceptors (Lipinski definition) is 3. The van der Waals surface area contributed by atoms with E-state index in [1.165, 1.54) is 0 Å². The molecule has 3 aromatic rings. The van der Waals surface area contributed by atoms with Gasteiger partial charge in [0.25, 0.3) is 0 Å². The monoisotopic (exact) mass is 364 g/mol. The largest absolute Gasteiger partial charge is 0.334 e. The average molecular weight is 364 g/mol. The molecule has 1 aliphatic rings. The summed E-state index contributed by atoms with van der Waals surface area (Å²) >= 11 is 0. The number of carbonyl (C=O) groups is 1. The van der Waals surface area contributed by atoms with Crippen LogP contribution in [-0.4, -0.2) is 43.6 Å². The molecule has 0 radical (unpaired) electrons. The maximum atomic E-state index is 12.6. The third-order valence-electron chi connectivity index (χ3n) is 5.02. The zero-order chi connectivity index (χ0) is 18.8. The van der Waals surface area contributed by atoms with Crippen LogP contribution in [0, 0.1) is 6.92 Å². The van der Waals surface area contributed by atoms with Gasteiger partial charge < -0.3 is 10.2 Å². The van der Waals surface area contributed by atoms with E-state index in [9.17, 15) is 4.79 Å². The zero-order valence-electron chi connectivity index (χ0n) is 15.7. The van der Waals surface area contributed by atoms with E-state index in [1.807, 2.05) is 66.5 Å². The van der Waals surface area contributed by atoms with E-state index in [0.717, 1.165) is 35.2 Å².